The highest BCUT2D eigenvalue weighted by atomic mass is 16.5. The van der Waals surface area contributed by atoms with Gasteiger partial charge in [0.05, 0.1) is 6.10 Å². The highest BCUT2D eigenvalue weighted by molar-refractivity contribution is 5.92. The van der Waals surface area contributed by atoms with Gasteiger partial charge in [-0.15, -0.1) is 0 Å². The molecule has 1 amide bonds. The topological polar surface area (TPSA) is 51.7 Å². The summed E-state index contributed by atoms with van der Waals surface area (Å²) in [7, 11) is 0. The van der Waals surface area contributed by atoms with Crippen LogP contribution in [-0.2, 0) is 11.3 Å². The Morgan fingerprint density at radius 1 is 1.15 bits per heavy atom. The van der Waals surface area contributed by atoms with Gasteiger partial charge in [0, 0.05) is 25.4 Å². The van der Waals surface area contributed by atoms with Gasteiger partial charge in [0.1, 0.15) is 18.1 Å². The van der Waals surface area contributed by atoms with Crippen molar-refractivity contribution in [3.63, 3.8) is 0 Å². The molecule has 4 rings (SSSR count). The van der Waals surface area contributed by atoms with Crippen molar-refractivity contribution in [2.75, 3.05) is 13.2 Å². The van der Waals surface area contributed by atoms with E-state index in [1.807, 2.05) is 41.3 Å². The third kappa shape index (κ3) is 4.86. The normalized spacial score (nSPS) is 19.5. The lowest BCUT2D eigenvalue weighted by atomic mass is 10.1. The zero-order valence-electron chi connectivity index (χ0n) is 15.5. The standard InChI is InChI=1S/C22H26N2O3/c25-22(21-9-1-3-12-23-21)24(18-10-11-18)15-17-6-5-8-19(14-17)27-16-20-7-2-4-13-26-20/h1,3,5-6,8-9,12,14,18,20H,2,4,7,10-11,13,15-16H2/t20-/m1/s1. The number of pyridine rings is 1. The van der Waals surface area contributed by atoms with Gasteiger partial charge in [0.15, 0.2) is 0 Å². The monoisotopic (exact) mass is 366 g/mol. The minimum absolute atomic E-state index is 0.0000250. The Balaban J connectivity index is 1.40. The first-order valence-corrected chi connectivity index (χ1v) is 9.85. The molecule has 1 atom stereocenters. The van der Waals surface area contributed by atoms with Gasteiger partial charge in [-0.2, -0.15) is 0 Å². The van der Waals surface area contributed by atoms with E-state index in [0.717, 1.165) is 43.6 Å². The van der Waals surface area contributed by atoms with E-state index in [2.05, 4.69) is 4.98 Å². The maximum absolute atomic E-state index is 12.9. The molecule has 1 aliphatic heterocycles. The van der Waals surface area contributed by atoms with E-state index in [-0.39, 0.29) is 12.0 Å². The van der Waals surface area contributed by atoms with E-state index in [1.54, 1.807) is 12.3 Å². The number of rotatable bonds is 7. The molecular formula is C22H26N2O3. The van der Waals surface area contributed by atoms with E-state index in [1.165, 1.54) is 6.42 Å². The quantitative estimate of drug-likeness (QED) is 0.747. The number of aromatic nitrogens is 1. The number of nitrogens with zero attached hydrogens (tertiary/aromatic N) is 2. The van der Waals surface area contributed by atoms with Crippen molar-refractivity contribution in [1.29, 1.82) is 0 Å². The third-order valence-electron chi connectivity index (χ3n) is 5.09. The van der Waals surface area contributed by atoms with Crippen LogP contribution in [0.25, 0.3) is 0 Å². The van der Waals surface area contributed by atoms with Crippen molar-refractivity contribution in [3.05, 3.63) is 59.9 Å². The maximum atomic E-state index is 12.9. The summed E-state index contributed by atoms with van der Waals surface area (Å²) < 4.78 is 11.7. The van der Waals surface area contributed by atoms with Gasteiger partial charge >= 0.3 is 0 Å². The largest absolute Gasteiger partial charge is 0.491 e. The van der Waals surface area contributed by atoms with Crippen molar-refractivity contribution >= 4 is 5.91 Å². The van der Waals surface area contributed by atoms with Crippen LogP contribution in [0.4, 0.5) is 0 Å². The highest BCUT2D eigenvalue weighted by Crippen LogP contribution is 2.30. The molecule has 1 saturated heterocycles. The highest BCUT2D eigenvalue weighted by Gasteiger charge is 2.33. The first-order chi connectivity index (χ1) is 13.3. The lowest BCUT2D eigenvalue weighted by Crippen LogP contribution is -2.33. The lowest BCUT2D eigenvalue weighted by Gasteiger charge is -2.24. The van der Waals surface area contributed by atoms with Crippen LogP contribution in [0, 0.1) is 0 Å². The smallest absolute Gasteiger partial charge is 0.272 e. The van der Waals surface area contributed by atoms with Gasteiger partial charge in [-0.3, -0.25) is 9.78 Å². The number of hydrogen-bond acceptors (Lipinski definition) is 4. The number of carbonyl (C=O) groups excluding carboxylic acids is 1. The molecule has 2 heterocycles. The lowest BCUT2D eigenvalue weighted by molar-refractivity contribution is -0.0110. The molecule has 1 aromatic heterocycles. The summed E-state index contributed by atoms with van der Waals surface area (Å²) in [5.41, 5.74) is 1.58. The minimum atomic E-state index is 0.0000250. The van der Waals surface area contributed by atoms with Gasteiger partial charge in [0.2, 0.25) is 0 Å². The van der Waals surface area contributed by atoms with Gasteiger partial charge in [-0.1, -0.05) is 18.2 Å². The van der Waals surface area contributed by atoms with Crippen LogP contribution in [0.1, 0.15) is 48.2 Å². The molecule has 2 aliphatic rings. The molecule has 0 N–H and O–H groups in total. The zero-order valence-corrected chi connectivity index (χ0v) is 15.5. The molecule has 5 heteroatoms. The predicted octanol–water partition coefficient (Wildman–Crippen LogP) is 3.83. The van der Waals surface area contributed by atoms with Crippen molar-refractivity contribution in [2.24, 2.45) is 0 Å². The number of hydrogen-bond donors (Lipinski definition) is 0. The van der Waals surface area contributed by atoms with Crippen LogP contribution in [0.5, 0.6) is 5.75 Å². The Morgan fingerprint density at radius 2 is 2.07 bits per heavy atom. The molecule has 1 aromatic carbocycles. The first-order valence-electron chi connectivity index (χ1n) is 9.85. The fourth-order valence-electron chi connectivity index (χ4n) is 3.45. The number of carbonyl (C=O) groups is 1. The van der Waals surface area contributed by atoms with Crippen LogP contribution < -0.4 is 4.74 Å². The van der Waals surface area contributed by atoms with Crippen LogP contribution in [-0.4, -0.2) is 41.2 Å². The minimum Gasteiger partial charge on any atom is -0.491 e. The summed E-state index contributed by atoms with van der Waals surface area (Å²) in [5, 5.41) is 0. The van der Waals surface area contributed by atoms with Gasteiger partial charge in [0.25, 0.3) is 5.91 Å². The molecular weight excluding hydrogens is 340 g/mol. The van der Waals surface area contributed by atoms with Crippen molar-refractivity contribution < 1.29 is 14.3 Å². The van der Waals surface area contributed by atoms with Gasteiger partial charge in [-0.25, -0.2) is 0 Å². The first kappa shape index (κ1) is 18.0. The molecule has 5 nitrogen and oxygen atoms in total. The molecule has 27 heavy (non-hydrogen) atoms. The molecule has 2 aromatic rings. The summed E-state index contributed by atoms with van der Waals surface area (Å²) in [5.74, 6) is 0.836. The Hall–Kier alpha value is -2.40. The van der Waals surface area contributed by atoms with E-state index < -0.39 is 0 Å². The van der Waals surface area contributed by atoms with E-state index >= 15 is 0 Å². The Morgan fingerprint density at radius 3 is 2.81 bits per heavy atom. The second-order valence-electron chi connectivity index (χ2n) is 7.33. The van der Waals surface area contributed by atoms with E-state index in [4.69, 9.17) is 9.47 Å². The summed E-state index contributed by atoms with van der Waals surface area (Å²) in [6.07, 6.45) is 7.40. The molecule has 0 unspecified atom stereocenters. The average molecular weight is 366 g/mol. The maximum Gasteiger partial charge on any atom is 0.272 e. The molecule has 2 fully saturated rings. The average Bonchev–Trinajstić information content (AvgIpc) is 3.57. The Labute approximate surface area is 160 Å². The van der Waals surface area contributed by atoms with Crippen molar-refractivity contribution in [2.45, 2.75) is 50.8 Å². The molecule has 142 valence electrons. The Bertz CT molecular complexity index is 755. The Kier molecular flexibility index (Phi) is 5.68. The van der Waals surface area contributed by atoms with Crippen LogP contribution >= 0.6 is 0 Å². The third-order valence-corrected chi connectivity index (χ3v) is 5.09. The van der Waals surface area contributed by atoms with E-state index in [9.17, 15) is 4.79 Å². The molecule has 0 spiro atoms. The van der Waals surface area contributed by atoms with Crippen molar-refractivity contribution in [1.82, 2.24) is 9.88 Å². The van der Waals surface area contributed by atoms with E-state index in [0.29, 0.717) is 24.9 Å². The SMILES string of the molecule is O=C(c1ccccn1)N(Cc1cccc(OC[C@H]2CCCCO2)c1)C1CC1. The summed E-state index contributed by atoms with van der Waals surface area (Å²) in [4.78, 5) is 19.0. The number of benzene rings is 1. The fraction of sp³-hybridized carbons (Fsp3) is 0.455. The summed E-state index contributed by atoms with van der Waals surface area (Å²) in [6, 6.07) is 13.8. The summed E-state index contributed by atoms with van der Waals surface area (Å²) >= 11 is 0. The molecule has 0 radical (unpaired) electrons. The van der Waals surface area contributed by atoms with Gasteiger partial charge < -0.3 is 14.4 Å². The fourth-order valence-corrected chi connectivity index (χ4v) is 3.45. The van der Waals surface area contributed by atoms with Gasteiger partial charge in [-0.05, 0) is 61.9 Å². The second kappa shape index (κ2) is 8.53. The molecule has 1 aliphatic carbocycles. The molecule has 0 bridgehead atoms. The van der Waals surface area contributed by atoms with Crippen LogP contribution in [0.2, 0.25) is 0 Å². The second-order valence-corrected chi connectivity index (χ2v) is 7.33. The van der Waals surface area contributed by atoms with Crippen LogP contribution in [0.15, 0.2) is 48.7 Å². The predicted molar refractivity (Wildman–Crippen MR) is 103 cm³/mol. The number of ether oxygens (including phenoxy) is 2. The van der Waals surface area contributed by atoms with Crippen molar-refractivity contribution in [3.8, 4) is 5.75 Å². The summed E-state index contributed by atoms with van der Waals surface area (Å²) in [6.45, 7) is 2.00. The zero-order chi connectivity index (χ0) is 18.5. The number of amides is 1. The molecule has 1 saturated carbocycles. The van der Waals surface area contributed by atoms with Crippen LogP contribution in [0.3, 0.4) is 0 Å².